The number of nitrogen functional groups attached to an aromatic ring is 1. The normalized spacial score (nSPS) is 16.6. The summed E-state index contributed by atoms with van der Waals surface area (Å²) in [4.78, 5) is 16.0. The standard InChI is InChI=1S/C14H21N3O2/c1-16-6-8-17(9-7-16)14(18)11-19-10-12-2-4-13(15)5-3-12/h2-5H,6-11,15H2,1H3. The third-order valence-corrected chi connectivity index (χ3v) is 3.33. The minimum absolute atomic E-state index is 0.0727. The van der Waals surface area contributed by atoms with Gasteiger partial charge in [0, 0.05) is 31.9 Å². The van der Waals surface area contributed by atoms with E-state index in [4.69, 9.17) is 10.5 Å². The number of ether oxygens (including phenoxy) is 1. The van der Waals surface area contributed by atoms with Crippen molar-refractivity contribution >= 4 is 11.6 Å². The van der Waals surface area contributed by atoms with E-state index in [1.807, 2.05) is 29.2 Å². The third-order valence-electron chi connectivity index (χ3n) is 3.33. The van der Waals surface area contributed by atoms with E-state index in [1.54, 1.807) is 0 Å². The zero-order valence-corrected chi connectivity index (χ0v) is 11.3. The van der Waals surface area contributed by atoms with E-state index in [-0.39, 0.29) is 12.5 Å². The Labute approximate surface area is 113 Å². The molecule has 1 fully saturated rings. The topological polar surface area (TPSA) is 58.8 Å². The van der Waals surface area contributed by atoms with Crippen LogP contribution < -0.4 is 5.73 Å². The Morgan fingerprint density at radius 1 is 1.21 bits per heavy atom. The summed E-state index contributed by atoms with van der Waals surface area (Å²) < 4.78 is 5.46. The minimum atomic E-state index is 0.0727. The molecular formula is C14H21N3O2. The molecule has 0 saturated carbocycles. The largest absolute Gasteiger partial charge is 0.399 e. The highest BCUT2D eigenvalue weighted by Crippen LogP contribution is 2.07. The molecule has 5 heteroatoms. The number of piperazine rings is 1. The molecule has 5 nitrogen and oxygen atoms in total. The number of nitrogens with zero attached hydrogens (tertiary/aromatic N) is 2. The van der Waals surface area contributed by atoms with Crippen LogP contribution >= 0.6 is 0 Å². The van der Waals surface area contributed by atoms with Crippen molar-refractivity contribution < 1.29 is 9.53 Å². The molecule has 19 heavy (non-hydrogen) atoms. The van der Waals surface area contributed by atoms with E-state index >= 15 is 0 Å². The summed E-state index contributed by atoms with van der Waals surface area (Å²) >= 11 is 0. The van der Waals surface area contributed by atoms with E-state index < -0.39 is 0 Å². The van der Waals surface area contributed by atoms with Crippen LogP contribution in [0, 0.1) is 0 Å². The van der Waals surface area contributed by atoms with Crippen molar-refractivity contribution in [1.29, 1.82) is 0 Å². The molecule has 1 aliphatic heterocycles. The molecule has 2 N–H and O–H groups in total. The summed E-state index contributed by atoms with van der Waals surface area (Å²) in [5, 5.41) is 0. The lowest BCUT2D eigenvalue weighted by atomic mass is 10.2. The number of anilines is 1. The van der Waals surface area contributed by atoms with Crippen molar-refractivity contribution in [1.82, 2.24) is 9.80 Å². The summed E-state index contributed by atoms with van der Waals surface area (Å²) in [7, 11) is 2.07. The molecular weight excluding hydrogens is 242 g/mol. The van der Waals surface area contributed by atoms with E-state index in [0.717, 1.165) is 37.4 Å². The lowest BCUT2D eigenvalue weighted by molar-refractivity contribution is -0.138. The van der Waals surface area contributed by atoms with Crippen molar-refractivity contribution in [3.63, 3.8) is 0 Å². The molecule has 1 saturated heterocycles. The molecule has 0 spiro atoms. The van der Waals surface area contributed by atoms with Gasteiger partial charge in [0.1, 0.15) is 6.61 Å². The highest BCUT2D eigenvalue weighted by Gasteiger charge is 2.18. The number of carbonyl (C=O) groups is 1. The summed E-state index contributed by atoms with van der Waals surface area (Å²) in [5.74, 6) is 0.0727. The van der Waals surface area contributed by atoms with Crippen LogP contribution in [0.1, 0.15) is 5.56 Å². The molecule has 1 amide bonds. The predicted octanol–water partition coefficient (Wildman–Crippen LogP) is 0.559. The van der Waals surface area contributed by atoms with Gasteiger partial charge < -0.3 is 20.3 Å². The molecule has 1 aromatic rings. The van der Waals surface area contributed by atoms with Gasteiger partial charge in [-0.1, -0.05) is 12.1 Å². The summed E-state index contributed by atoms with van der Waals surface area (Å²) in [6.07, 6.45) is 0. The first kappa shape index (κ1) is 13.8. The van der Waals surface area contributed by atoms with Gasteiger partial charge in [-0.15, -0.1) is 0 Å². The number of likely N-dealkylation sites (N-methyl/N-ethyl adjacent to an activating group) is 1. The molecule has 1 heterocycles. The average Bonchev–Trinajstić information content (AvgIpc) is 2.41. The maximum Gasteiger partial charge on any atom is 0.248 e. The zero-order chi connectivity index (χ0) is 13.7. The molecule has 0 atom stereocenters. The number of rotatable bonds is 4. The van der Waals surface area contributed by atoms with Crippen LogP contribution in [0.5, 0.6) is 0 Å². The Morgan fingerprint density at radius 2 is 1.84 bits per heavy atom. The maximum atomic E-state index is 11.9. The fourth-order valence-corrected chi connectivity index (χ4v) is 2.02. The van der Waals surface area contributed by atoms with Gasteiger partial charge in [0.25, 0.3) is 0 Å². The molecule has 1 aromatic carbocycles. The second-order valence-electron chi connectivity index (χ2n) is 4.92. The van der Waals surface area contributed by atoms with Crippen LogP contribution in [0.15, 0.2) is 24.3 Å². The quantitative estimate of drug-likeness (QED) is 0.806. The smallest absolute Gasteiger partial charge is 0.248 e. The lowest BCUT2D eigenvalue weighted by Gasteiger charge is -2.32. The molecule has 0 bridgehead atoms. The number of nitrogens with two attached hydrogens (primary N) is 1. The molecule has 0 radical (unpaired) electrons. The fraction of sp³-hybridized carbons (Fsp3) is 0.500. The van der Waals surface area contributed by atoms with E-state index in [2.05, 4.69) is 11.9 Å². The lowest BCUT2D eigenvalue weighted by Crippen LogP contribution is -2.48. The van der Waals surface area contributed by atoms with E-state index in [1.165, 1.54) is 0 Å². The SMILES string of the molecule is CN1CCN(C(=O)COCc2ccc(N)cc2)CC1. The van der Waals surface area contributed by atoms with E-state index in [9.17, 15) is 4.79 Å². The van der Waals surface area contributed by atoms with Gasteiger partial charge in [0.15, 0.2) is 0 Å². The molecule has 2 rings (SSSR count). The first-order valence-electron chi connectivity index (χ1n) is 6.53. The Kier molecular flexibility index (Phi) is 4.76. The number of amides is 1. The van der Waals surface area contributed by atoms with Crippen molar-refractivity contribution in [2.24, 2.45) is 0 Å². The van der Waals surface area contributed by atoms with Crippen molar-refractivity contribution in [2.45, 2.75) is 6.61 Å². The number of carbonyl (C=O) groups excluding carboxylic acids is 1. The molecule has 104 valence electrons. The zero-order valence-electron chi connectivity index (χ0n) is 11.3. The molecule has 0 aliphatic carbocycles. The fourth-order valence-electron chi connectivity index (χ4n) is 2.02. The molecule has 0 unspecified atom stereocenters. The first-order valence-corrected chi connectivity index (χ1v) is 6.53. The molecule has 1 aliphatic rings. The average molecular weight is 263 g/mol. The number of hydrogen-bond acceptors (Lipinski definition) is 4. The van der Waals surface area contributed by atoms with Crippen LogP contribution in [0.2, 0.25) is 0 Å². The van der Waals surface area contributed by atoms with Crippen LogP contribution in [0.3, 0.4) is 0 Å². The Balaban J connectivity index is 1.70. The predicted molar refractivity (Wildman–Crippen MR) is 74.6 cm³/mol. The van der Waals surface area contributed by atoms with Gasteiger partial charge in [0.05, 0.1) is 6.61 Å². The van der Waals surface area contributed by atoms with Gasteiger partial charge in [-0.3, -0.25) is 4.79 Å². The van der Waals surface area contributed by atoms with Crippen LogP contribution in [-0.2, 0) is 16.1 Å². The minimum Gasteiger partial charge on any atom is -0.399 e. The van der Waals surface area contributed by atoms with Crippen LogP contribution in [0.25, 0.3) is 0 Å². The monoisotopic (exact) mass is 263 g/mol. The highest BCUT2D eigenvalue weighted by atomic mass is 16.5. The van der Waals surface area contributed by atoms with Crippen molar-refractivity contribution in [2.75, 3.05) is 45.6 Å². The van der Waals surface area contributed by atoms with Gasteiger partial charge in [-0.2, -0.15) is 0 Å². The summed E-state index contributed by atoms with van der Waals surface area (Å²) in [6, 6.07) is 7.49. The first-order chi connectivity index (χ1) is 9.15. The van der Waals surface area contributed by atoms with Crippen molar-refractivity contribution in [3.05, 3.63) is 29.8 Å². The summed E-state index contributed by atoms with van der Waals surface area (Å²) in [5.41, 5.74) is 7.37. The molecule has 0 aromatic heterocycles. The van der Waals surface area contributed by atoms with Gasteiger partial charge in [-0.05, 0) is 24.7 Å². The van der Waals surface area contributed by atoms with E-state index in [0.29, 0.717) is 6.61 Å². The number of hydrogen-bond donors (Lipinski definition) is 1. The Bertz CT molecular complexity index is 411. The second kappa shape index (κ2) is 6.54. The highest BCUT2D eigenvalue weighted by molar-refractivity contribution is 5.77. The van der Waals surface area contributed by atoms with Gasteiger partial charge >= 0.3 is 0 Å². The number of benzene rings is 1. The van der Waals surface area contributed by atoms with Crippen LogP contribution in [0.4, 0.5) is 5.69 Å². The second-order valence-corrected chi connectivity index (χ2v) is 4.92. The maximum absolute atomic E-state index is 11.9. The van der Waals surface area contributed by atoms with Gasteiger partial charge in [0.2, 0.25) is 5.91 Å². The van der Waals surface area contributed by atoms with Crippen molar-refractivity contribution in [3.8, 4) is 0 Å². The summed E-state index contributed by atoms with van der Waals surface area (Å²) in [6.45, 7) is 4.04. The van der Waals surface area contributed by atoms with Gasteiger partial charge in [-0.25, -0.2) is 0 Å². The Morgan fingerprint density at radius 3 is 2.47 bits per heavy atom. The Hall–Kier alpha value is -1.59. The third kappa shape index (κ3) is 4.22. The van der Waals surface area contributed by atoms with Crippen LogP contribution in [-0.4, -0.2) is 55.5 Å².